The largest absolute Gasteiger partial charge is 0.496 e. The first-order valence-electron chi connectivity index (χ1n) is 11.0. The second-order valence-corrected chi connectivity index (χ2v) is 8.67. The van der Waals surface area contributed by atoms with Crippen LogP contribution in [0.2, 0.25) is 0 Å². The quantitative estimate of drug-likeness (QED) is 0.470. The number of methoxy groups -OCH3 is 3. The van der Waals surface area contributed by atoms with Crippen LogP contribution in [0.4, 0.5) is 0 Å². The van der Waals surface area contributed by atoms with E-state index in [1.165, 1.54) is 15.9 Å². The van der Waals surface area contributed by atoms with Gasteiger partial charge in [-0.05, 0) is 43.7 Å². The molecule has 1 atom stereocenters. The molecule has 0 saturated carbocycles. The summed E-state index contributed by atoms with van der Waals surface area (Å²) in [6, 6.07) is 12.0. The van der Waals surface area contributed by atoms with E-state index in [1.54, 1.807) is 59.5 Å². The molecule has 3 aromatic rings. The zero-order valence-corrected chi connectivity index (χ0v) is 21.0. The van der Waals surface area contributed by atoms with Gasteiger partial charge in [0, 0.05) is 5.56 Å². The maximum absolute atomic E-state index is 13.7. The van der Waals surface area contributed by atoms with Crippen LogP contribution in [0.3, 0.4) is 0 Å². The first-order valence-corrected chi connectivity index (χ1v) is 11.8. The third kappa shape index (κ3) is 4.46. The molecule has 0 N–H and O–H groups in total. The van der Waals surface area contributed by atoms with Crippen LogP contribution in [0.25, 0.3) is 6.08 Å². The molecule has 1 aromatic heterocycles. The van der Waals surface area contributed by atoms with E-state index in [9.17, 15) is 9.59 Å². The summed E-state index contributed by atoms with van der Waals surface area (Å²) in [4.78, 5) is 31.8. The number of allylic oxidation sites excluding steroid dienone is 1. The molecular weight excluding hydrogens is 468 g/mol. The number of benzene rings is 2. The third-order valence-electron chi connectivity index (χ3n) is 5.66. The molecule has 0 radical (unpaired) electrons. The van der Waals surface area contributed by atoms with Crippen molar-refractivity contribution in [3.8, 4) is 17.2 Å². The van der Waals surface area contributed by atoms with E-state index in [2.05, 4.69) is 4.99 Å². The van der Waals surface area contributed by atoms with Gasteiger partial charge in [0.05, 0.1) is 43.7 Å². The van der Waals surface area contributed by atoms with Crippen molar-refractivity contribution in [1.82, 2.24) is 4.57 Å². The van der Waals surface area contributed by atoms with Crippen LogP contribution in [0.1, 0.15) is 31.0 Å². The molecule has 4 rings (SSSR count). The van der Waals surface area contributed by atoms with Crippen LogP contribution >= 0.6 is 11.3 Å². The monoisotopic (exact) mass is 494 g/mol. The number of esters is 1. The maximum Gasteiger partial charge on any atom is 0.338 e. The predicted molar refractivity (Wildman–Crippen MR) is 133 cm³/mol. The Hall–Kier alpha value is -3.85. The number of hydrogen-bond donors (Lipinski definition) is 0. The Balaban J connectivity index is 1.96. The Morgan fingerprint density at radius 2 is 1.77 bits per heavy atom. The van der Waals surface area contributed by atoms with Crippen molar-refractivity contribution in [2.45, 2.75) is 19.9 Å². The second-order valence-electron chi connectivity index (χ2n) is 7.66. The van der Waals surface area contributed by atoms with E-state index in [1.807, 2.05) is 24.3 Å². The lowest BCUT2D eigenvalue weighted by atomic mass is 9.95. The Morgan fingerprint density at radius 3 is 2.46 bits per heavy atom. The minimum Gasteiger partial charge on any atom is -0.496 e. The Kier molecular flexibility index (Phi) is 7.07. The summed E-state index contributed by atoms with van der Waals surface area (Å²) in [7, 11) is 4.68. The standard InChI is InChI=1S/C26H26N2O6S/c1-6-34-25(30)22-15(2)27-26-28(23(22)17-9-7-8-10-18(17)31-3)24(29)21(35-26)14-16-11-12-19(32-4)20(13-16)33-5/h7-14,23H,6H2,1-5H3/b21-14-/t23-/m0/s1. The van der Waals surface area contributed by atoms with Gasteiger partial charge in [0.1, 0.15) is 11.8 Å². The molecule has 1 aliphatic heterocycles. The van der Waals surface area contributed by atoms with Crippen molar-refractivity contribution in [1.29, 1.82) is 0 Å². The Morgan fingerprint density at radius 1 is 1.06 bits per heavy atom. The van der Waals surface area contributed by atoms with Gasteiger partial charge in [-0.15, -0.1) is 0 Å². The van der Waals surface area contributed by atoms with Gasteiger partial charge in [-0.25, -0.2) is 9.79 Å². The van der Waals surface area contributed by atoms with Gasteiger partial charge < -0.3 is 18.9 Å². The molecule has 0 amide bonds. The Labute approximate surface area is 206 Å². The van der Waals surface area contributed by atoms with Crippen LogP contribution < -0.4 is 29.1 Å². The number of hydrogen-bond acceptors (Lipinski definition) is 8. The van der Waals surface area contributed by atoms with Crippen molar-refractivity contribution in [3.63, 3.8) is 0 Å². The minimum atomic E-state index is -0.742. The van der Waals surface area contributed by atoms with Crippen molar-refractivity contribution in [2.75, 3.05) is 27.9 Å². The van der Waals surface area contributed by atoms with E-state index < -0.39 is 12.0 Å². The number of ether oxygens (including phenoxy) is 4. The normalized spacial score (nSPS) is 15.3. The number of para-hydroxylation sites is 1. The molecule has 2 heterocycles. The van der Waals surface area contributed by atoms with Crippen LogP contribution in [-0.4, -0.2) is 38.5 Å². The lowest BCUT2D eigenvalue weighted by Crippen LogP contribution is -2.40. The van der Waals surface area contributed by atoms with Gasteiger partial charge in [-0.2, -0.15) is 0 Å². The maximum atomic E-state index is 13.7. The van der Waals surface area contributed by atoms with Crippen molar-refractivity contribution < 1.29 is 23.7 Å². The van der Waals surface area contributed by atoms with E-state index >= 15 is 0 Å². The summed E-state index contributed by atoms with van der Waals surface area (Å²) in [5.74, 6) is 1.20. The molecule has 0 aliphatic carbocycles. The fourth-order valence-electron chi connectivity index (χ4n) is 4.07. The molecule has 0 spiro atoms. The minimum absolute atomic E-state index is 0.206. The number of carbonyl (C=O) groups is 1. The van der Waals surface area contributed by atoms with Gasteiger partial charge in [-0.1, -0.05) is 35.6 Å². The number of thiazole rings is 1. The highest BCUT2D eigenvalue weighted by Gasteiger charge is 2.34. The van der Waals surface area contributed by atoms with E-state index in [0.717, 1.165) is 5.56 Å². The summed E-state index contributed by atoms with van der Waals surface area (Å²) in [5.41, 5.74) is 1.97. The SMILES string of the molecule is CCOC(=O)C1=C(C)N=c2s/c(=C\c3ccc(OC)c(OC)c3)c(=O)n2[C@H]1c1ccccc1OC. The molecule has 0 bridgehead atoms. The fraction of sp³-hybridized carbons (Fsp3) is 0.269. The highest BCUT2D eigenvalue weighted by Crippen LogP contribution is 2.35. The topological polar surface area (TPSA) is 88.4 Å². The van der Waals surface area contributed by atoms with Crippen molar-refractivity contribution in [3.05, 3.63) is 84.5 Å². The number of aromatic nitrogens is 1. The molecule has 9 heteroatoms. The first kappa shape index (κ1) is 24.3. The lowest BCUT2D eigenvalue weighted by Gasteiger charge is -2.25. The highest BCUT2D eigenvalue weighted by atomic mass is 32.1. The van der Waals surface area contributed by atoms with Crippen molar-refractivity contribution in [2.24, 2.45) is 4.99 Å². The Bertz CT molecular complexity index is 1480. The average molecular weight is 495 g/mol. The molecule has 182 valence electrons. The zero-order chi connectivity index (χ0) is 25.1. The molecule has 0 fully saturated rings. The number of nitrogens with zero attached hydrogens (tertiary/aromatic N) is 2. The summed E-state index contributed by atoms with van der Waals surface area (Å²) in [6.45, 7) is 3.70. The van der Waals surface area contributed by atoms with E-state index in [0.29, 0.717) is 43.4 Å². The predicted octanol–water partition coefficient (Wildman–Crippen LogP) is 2.82. The summed E-state index contributed by atoms with van der Waals surface area (Å²) >= 11 is 1.25. The number of carbonyl (C=O) groups excluding carboxylic acids is 1. The highest BCUT2D eigenvalue weighted by molar-refractivity contribution is 7.07. The fourth-order valence-corrected chi connectivity index (χ4v) is 5.12. The van der Waals surface area contributed by atoms with Gasteiger partial charge >= 0.3 is 5.97 Å². The third-order valence-corrected chi connectivity index (χ3v) is 6.64. The molecule has 0 unspecified atom stereocenters. The molecule has 1 aliphatic rings. The molecular formula is C26H26N2O6S. The van der Waals surface area contributed by atoms with Gasteiger partial charge in [0.15, 0.2) is 16.3 Å². The number of fused-ring (bicyclic) bond motifs is 1. The van der Waals surface area contributed by atoms with E-state index in [-0.39, 0.29) is 12.2 Å². The van der Waals surface area contributed by atoms with Gasteiger partial charge in [0.2, 0.25) is 0 Å². The first-order chi connectivity index (χ1) is 16.9. The van der Waals surface area contributed by atoms with Crippen LogP contribution in [0, 0.1) is 0 Å². The zero-order valence-electron chi connectivity index (χ0n) is 20.2. The van der Waals surface area contributed by atoms with Crippen LogP contribution in [-0.2, 0) is 9.53 Å². The summed E-state index contributed by atoms with van der Waals surface area (Å²) in [5, 5.41) is 0. The lowest BCUT2D eigenvalue weighted by molar-refractivity contribution is -0.139. The number of rotatable bonds is 7. The van der Waals surface area contributed by atoms with Gasteiger partial charge in [-0.3, -0.25) is 9.36 Å². The molecule has 8 nitrogen and oxygen atoms in total. The van der Waals surface area contributed by atoms with Crippen molar-refractivity contribution >= 4 is 23.4 Å². The van der Waals surface area contributed by atoms with Crippen LogP contribution in [0.5, 0.6) is 17.2 Å². The second kappa shape index (κ2) is 10.2. The van der Waals surface area contributed by atoms with Gasteiger partial charge in [0.25, 0.3) is 5.56 Å². The summed E-state index contributed by atoms with van der Waals surface area (Å²) < 4.78 is 23.6. The molecule has 35 heavy (non-hydrogen) atoms. The van der Waals surface area contributed by atoms with E-state index in [4.69, 9.17) is 18.9 Å². The molecule has 2 aromatic carbocycles. The molecule has 0 saturated heterocycles. The summed E-state index contributed by atoms with van der Waals surface area (Å²) in [6.07, 6.45) is 1.77. The smallest absolute Gasteiger partial charge is 0.338 e. The average Bonchev–Trinajstić information content (AvgIpc) is 3.17. The van der Waals surface area contributed by atoms with Crippen LogP contribution in [0.15, 0.2) is 63.5 Å².